The third kappa shape index (κ3) is 3.17. The van der Waals surface area contributed by atoms with Crippen molar-refractivity contribution in [1.82, 2.24) is 0 Å². The van der Waals surface area contributed by atoms with E-state index in [9.17, 15) is 4.11 Å². The molecule has 0 spiro atoms. The van der Waals surface area contributed by atoms with Gasteiger partial charge in [-0.2, -0.15) is 0 Å². The van der Waals surface area contributed by atoms with Gasteiger partial charge in [0.05, 0.1) is 11.0 Å². The van der Waals surface area contributed by atoms with Gasteiger partial charge in [-0.15, -0.1) is 0 Å². The van der Waals surface area contributed by atoms with Gasteiger partial charge in [0.2, 0.25) is 0 Å². The molecule has 0 amide bonds. The average molecular weight is 491 g/mol. The monoisotopic (exact) mass is 490 g/mol. The third-order valence-electron chi connectivity index (χ3n) is 7.82. The third-order valence-corrected chi connectivity index (χ3v) is 7.82. The number of hydrogen-bond donors (Lipinski definition) is 0. The molecule has 0 saturated heterocycles. The van der Waals surface area contributed by atoms with Crippen LogP contribution in [0.5, 0.6) is 0 Å². The van der Waals surface area contributed by atoms with Gasteiger partial charge >= 0.3 is 0 Å². The summed E-state index contributed by atoms with van der Waals surface area (Å²) >= 11 is 0. The molecule has 0 fully saturated rings. The van der Waals surface area contributed by atoms with Crippen LogP contribution in [-0.4, -0.2) is 0 Å². The first-order chi connectivity index (χ1) is 22.2. The van der Waals surface area contributed by atoms with Crippen LogP contribution in [0, 0.1) is 11.8 Å². The minimum absolute atomic E-state index is 0.141. The fraction of sp³-hybridized carbons (Fsp3) is 0.0526. The summed E-state index contributed by atoms with van der Waals surface area (Å²) < 4.78 is 71.6. The van der Waals surface area contributed by atoms with Gasteiger partial charge in [0, 0.05) is 11.8 Å². The number of allylic oxidation sites excluding steroid dienone is 4. The van der Waals surface area contributed by atoms with Gasteiger partial charge in [-0.05, 0) is 77.2 Å². The van der Waals surface area contributed by atoms with Crippen LogP contribution < -0.4 is 10.4 Å². The van der Waals surface area contributed by atoms with E-state index in [4.69, 9.17) is 6.85 Å². The first kappa shape index (κ1) is 14.9. The number of hydrogen-bond acceptors (Lipinski definition) is 0. The Kier molecular flexibility index (Phi) is 3.31. The Morgan fingerprint density at radius 1 is 0.500 bits per heavy atom. The fourth-order valence-corrected chi connectivity index (χ4v) is 6.16. The van der Waals surface area contributed by atoms with Crippen molar-refractivity contribution in [3.8, 4) is 0 Å². The molecule has 0 heterocycles. The molecule has 0 saturated carbocycles. The van der Waals surface area contributed by atoms with Crippen LogP contribution in [0.25, 0.3) is 43.5 Å². The molecule has 0 heteroatoms. The molecule has 0 aromatic heterocycles. The molecule has 2 atom stereocenters. The molecular formula is C38H26. The van der Waals surface area contributed by atoms with E-state index in [-0.39, 0.29) is 58.8 Å². The lowest BCUT2D eigenvalue weighted by atomic mass is 9.69. The molecule has 2 aliphatic rings. The Labute approximate surface area is 233 Å². The normalized spacial score (nSPS) is 22.2. The van der Waals surface area contributed by atoms with Crippen molar-refractivity contribution in [3.05, 3.63) is 167 Å². The van der Waals surface area contributed by atoms with Crippen molar-refractivity contribution < 1.29 is 11.0 Å². The van der Waals surface area contributed by atoms with E-state index in [2.05, 4.69) is 24.3 Å². The van der Waals surface area contributed by atoms with E-state index in [1.165, 1.54) is 0 Å². The second kappa shape index (κ2) is 8.43. The number of rotatable bonds is 2. The van der Waals surface area contributed by atoms with Gasteiger partial charge in [-0.25, -0.2) is 0 Å². The van der Waals surface area contributed by atoms with Gasteiger partial charge in [0.1, 0.15) is 0 Å². The molecule has 6 aromatic rings. The smallest absolute Gasteiger partial charge is 0.0629 e. The quantitative estimate of drug-likeness (QED) is 0.171. The molecule has 38 heavy (non-hydrogen) atoms. The Morgan fingerprint density at radius 2 is 1.18 bits per heavy atom. The Balaban J connectivity index is 1.62. The predicted molar refractivity (Wildman–Crippen MR) is 161 cm³/mol. The van der Waals surface area contributed by atoms with E-state index < -0.39 is 11.8 Å². The molecule has 2 unspecified atom stereocenters. The van der Waals surface area contributed by atoms with E-state index in [0.29, 0.717) is 22.3 Å². The lowest BCUT2D eigenvalue weighted by molar-refractivity contribution is 0.687. The van der Waals surface area contributed by atoms with Crippen molar-refractivity contribution >= 4 is 43.5 Å². The van der Waals surface area contributed by atoms with Crippen molar-refractivity contribution in [2.24, 2.45) is 11.8 Å². The summed E-state index contributed by atoms with van der Waals surface area (Å²) in [6.45, 7) is 0. The lowest BCUT2D eigenvalue weighted by Crippen LogP contribution is -2.40. The largest absolute Gasteiger partial charge is 0.0760 e. The molecule has 0 N–H and O–H groups in total. The molecule has 0 aliphatic heterocycles. The number of fused-ring (bicyclic) bond motifs is 6. The molecular weight excluding hydrogens is 456 g/mol. The standard InChI is InChI=1S/C38H26/c1-2-11-25(12-3-1)37-32-15-6-8-17-34(32)38(35-18-9-7-16-33(35)37)31-20-10-19-29-30(31)22-21-28-23-26-13-4-5-14-27(26)24-36(28)29/h1-24,32,34H/i6D,7D,8D,9D,15D,16D,17D,18D. The molecule has 0 radical (unpaired) electrons. The maximum atomic E-state index is 9.27. The highest BCUT2D eigenvalue weighted by atomic mass is 14.3. The summed E-state index contributed by atoms with van der Waals surface area (Å²) in [4.78, 5) is 0. The summed E-state index contributed by atoms with van der Waals surface area (Å²) in [6.07, 6.45) is 0. The zero-order valence-electron chi connectivity index (χ0n) is 28.4. The van der Waals surface area contributed by atoms with Gasteiger partial charge in [0.25, 0.3) is 0 Å². The fourth-order valence-electron chi connectivity index (χ4n) is 6.16. The Hall–Kier alpha value is -4.68. The first-order valence-corrected chi connectivity index (χ1v) is 12.8. The Morgan fingerprint density at radius 3 is 1.97 bits per heavy atom. The second-order valence-corrected chi connectivity index (χ2v) is 9.82. The van der Waals surface area contributed by atoms with E-state index in [1.807, 2.05) is 72.8 Å². The van der Waals surface area contributed by atoms with Crippen LogP contribution >= 0.6 is 0 Å². The average Bonchev–Trinajstić information content (AvgIpc) is 3.09. The molecule has 2 aliphatic carbocycles. The van der Waals surface area contributed by atoms with Crippen molar-refractivity contribution in [2.75, 3.05) is 0 Å². The Bertz CT molecular complexity index is 2510. The molecule has 0 nitrogen and oxygen atoms in total. The van der Waals surface area contributed by atoms with Gasteiger partial charge in [-0.3, -0.25) is 0 Å². The highest BCUT2D eigenvalue weighted by Crippen LogP contribution is 2.42. The van der Waals surface area contributed by atoms with E-state index in [1.54, 1.807) is 0 Å². The highest BCUT2D eigenvalue weighted by molar-refractivity contribution is 6.14. The summed E-state index contributed by atoms with van der Waals surface area (Å²) in [5.74, 6) is -1.83. The zero-order valence-corrected chi connectivity index (χ0v) is 20.4. The van der Waals surface area contributed by atoms with Crippen LogP contribution in [0.1, 0.15) is 22.1 Å². The van der Waals surface area contributed by atoms with Crippen molar-refractivity contribution in [2.45, 2.75) is 0 Å². The van der Waals surface area contributed by atoms with Gasteiger partial charge in [-0.1, -0.05) is 133 Å². The highest BCUT2D eigenvalue weighted by Gasteiger charge is 2.32. The van der Waals surface area contributed by atoms with E-state index in [0.717, 1.165) is 32.3 Å². The first-order valence-electron chi connectivity index (χ1n) is 16.8. The van der Waals surface area contributed by atoms with Crippen LogP contribution in [0.2, 0.25) is 0 Å². The summed E-state index contributed by atoms with van der Waals surface area (Å²) in [5, 5.41) is 6.63. The zero-order chi connectivity index (χ0) is 32.0. The van der Waals surface area contributed by atoms with Crippen LogP contribution in [0.15, 0.2) is 145 Å². The minimum Gasteiger partial charge on any atom is -0.0760 e. The number of benzene rings is 6. The summed E-state index contributed by atoms with van der Waals surface area (Å²) in [5.41, 5.74) is 2.28. The van der Waals surface area contributed by atoms with Crippen LogP contribution in [0.4, 0.5) is 0 Å². The molecule has 8 rings (SSSR count). The van der Waals surface area contributed by atoms with Crippen LogP contribution in [0.3, 0.4) is 0 Å². The summed E-state index contributed by atoms with van der Waals surface area (Å²) in [7, 11) is 0. The SMILES string of the molecule is [2H]C1=C([2H])C2C(c3ccccc3)=c3c([2H])c([2H])c([2H])c([2H])c3=C(c3cccc4c3ccc3cc5ccccc5cc34)C2C([2H])=C1[2H]. The van der Waals surface area contributed by atoms with E-state index >= 15 is 0 Å². The topological polar surface area (TPSA) is 0 Å². The van der Waals surface area contributed by atoms with Crippen molar-refractivity contribution in [3.63, 3.8) is 0 Å². The lowest BCUT2D eigenvalue weighted by Gasteiger charge is -2.33. The minimum atomic E-state index is -0.922. The summed E-state index contributed by atoms with van der Waals surface area (Å²) in [6, 6.07) is 29.3. The maximum Gasteiger partial charge on any atom is 0.0629 e. The van der Waals surface area contributed by atoms with Crippen LogP contribution in [-0.2, 0) is 0 Å². The van der Waals surface area contributed by atoms with Crippen molar-refractivity contribution in [1.29, 1.82) is 0 Å². The molecule has 178 valence electrons. The van der Waals surface area contributed by atoms with Gasteiger partial charge in [0.15, 0.2) is 0 Å². The maximum absolute atomic E-state index is 9.27. The predicted octanol–water partition coefficient (Wildman–Crippen LogP) is 7.92. The second-order valence-electron chi connectivity index (χ2n) is 9.82. The molecule has 6 aromatic carbocycles. The van der Waals surface area contributed by atoms with Gasteiger partial charge < -0.3 is 0 Å². The molecule has 0 bridgehead atoms.